The second-order valence-corrected chi connectivity index (χ2v) is 8.84. The van der Waals surface area contributed by atoms with Crippen LogP contribution in [0.15, 0.2) is 59.8 Å². The minimum absolute atomic E-state index is 0.0536. The van der Waals surface area contributed by atoms with E-state index in [0.29, 0.717) is 32.9 Å². The van der Waals surface area contributed by atoms with Crippen molar-refractivity contribution >= 4 is 64.1 Å². The van der Waals surface area contributed by atoms with Crippen LogP contribution in [0.4, 0.5) is 11.4 Å². The van der Waals surface area contributed by atoms with Crippen LogP contribution in [0, 0.1) is 0 Å². The summed E-state index contributed by atoms with van der Waals surface area (Å²) < 4.78 is 15.5. The lowest BCUT2D eigenvalue weighted by Crippen LogP contribution is -2.21. The molecule has 12 heteroatoms. The van der Waals surface area contributed by atoms with Crippen molar-refractivity contribution in [2.75, 3.05) is 37.2 Å². The molecule has 36 heavy (non-hydrogen) atoms. The number of carbonyl (C=O) groups is 3. The smallest absolute Gasteiger partial charge is 0.341 e. The zero-order valence-corrected chi connectivity index (χ0v) is 21.5. The molecular weight excluding hydrogens is 529 g/mol. The number of thioether (sulfide) groups is 1. The van der Waals surface area contributed by atoms with Gasteiger partial charge in [0.05, 0.1) is 36.9 Å². The van der Waals surface area contributed by atoms with Crippen molar-refractivity contribution in [3.63, 3.8) is 0 Å². The van der Waals surface area contributed by atoms with E-state index in [-0.39, 0.29) is 22.2 Å². The van der Waals surface area contributed by atoms with Crippen LogP contribution in [0.25, 0.3) is 0 Å². The number of esters is 1. The Morgan fingerprint density at radius 1 is 0.889 bits per heavy atom. The van der Waals surface area contributed by atoms with Crippen molar-refractivity contribution in [1.82, 2.24) is 4.98 Å². The van der Waals surface area contributed by atoms with Crippen molar-refractivity contribution in [3.05, 3.63) is 70.3 Å². The number of pyridine rings is 1. The summed E-state index contributed by atoms with van der Waals surface area (Å²) in [5, 5.41) is 6.40. The first kappa shape index (κ1) is 27.1. The van der Waals surface area contributed by atoms with E-state index in [2.05, 4.69) is 15.6 Å². The first-order valence-corrected chi connectivity index (χ1v) is 12.1. The highest BCUT2D eigenvalue weighted by atomic mass is 35.5. The average molecular weight is 550 g/mol. The highest BCUT2D eigenvalue weighted by Gasteiger charge is 2.18. The molecule has 0 atom stereocenters. The maximum absolute atomic E-state index is 12.6. The number of nitrogens with zero attached hydrogens (tertiary/aromatic N) is 1. The van der Waals surface area contributed by atoms with Gasteiger partial charge in [-0.05, 0) is 48.5 Å². The van der Waals surface area contributed by atoms with E-state index < -0.39 is 18.5 Å². The summed E-state index contributed by atoms with van der Waals surface area (Å²) in [7, 11) is 2.93. The third-order valence-electron chi connectivity index (χ3n) is 4.54. The molecule has 3 rings (SSSR count). The number of hydrogen-bond acceptors (Lipinski definition) is 8. The third kappa shape index (κ3) is 7.51. The molecule has 3 aromatic rings. The van der Waals surface area contributed by atoms with Crippen molar-refractivity contribution in [2.45, 2.75) is 5.03 Å². The lowest BCUT2D eigenvalue weighted by molar-refractivity contribution is -0.119. The number of ether oxygens (including phenoxy) is 3. The molecule has 2 N–H and O–H groups in total. The summed E-state index contributed by atoms with van der Waals surface area (Å²) >= 11 is 13.0. The molecule has 0 aliphatic carbocycles. The Morgan fingerprint density at radius 2 is 1.47 bits per heavy atom. The second kappa shape index (κ2) is 13.0. The minimum Gasteiger partial charge on any atom is -0.495 e. The summed E-state index contributed by atoms with van der Waals surface area (Å²) in [5.41, 5.74) is 0.869. The van der Waals surface area contributed by atoms with Crippen LogP contribution >= 0.6 is 35.0 Å². The predicted molar refractivity (Wildman–Crippen MR) is 139 cm³/mol. The zero-order chi connectivity index (χ0) is 26.1. The fourth-order valence-electron chi connectivity index (χ4n) is 2.93. The SMILES string of the molecule is COc1ccc(Cl)cc1NC(=O)COC(=O)c1cccnc1SCC(=O)Nc1cc(Cl)ccc1OC. The molecule has 0 radical (unpaired) electrons. The summed E-state index contributed by atoms with van der Waals surface area (Å²) in [6.45, 7) is -0.553. The summed E-state index contributed by atoms with van der Waals surface area (Å²) in [4.78, 5) is 41.5. The van der Waals surface area contributed by atoms with E-state index in [0.717, 1.165) is 11.8 Å². The number of halogens is 2. The molecule has 0 saturated carbocycles. The van der Waals surface area contributed by atoms with Gasteiger partial charge >= 0.3 is 5.97 Å². The van der Waals surface area contributed by atoms with E-state index >= 15 is 0 Å². The molecular formula is C24H21Cl2N3O6S. The summed E-state index contributed by atoms with van der Waals surface area (Å²) in [6, 6.07) is 12.6. The number of amides is 2. The van der Waals surface area contributed by atoms with Gasteiger partial charge in [-0.15, -0.1) is 0 Å². The van der Waals surface area contributed by atoms with Gasteiger partial charge in [0.25, 0.3) is 5.91 Å². The van der Waals surface area contributed by atoms with E-state index in [1.165, 1.54) is 32.5 Å². The Kier molecular flexibility index (Phi) is 9.80. The number of nitrogens with one attached hydrogen (secondary N) is 2. The molecule has 0 fully saturated rings. The van der Waals surface area contributed by atoms with E-state index in [4.69, 9.17) is 37.4 Å². The highest BCUT2D eigenvalue weighted by molar-refractivity contribution is 8.00. The van der Waals surface area contributed by atoms with Crippen LogP contribution in [0.2, 0.25) is 10.0 Å². The monoisotopic (exact) mass is 549 g/mol. The molecule has 0 spiro atoms. The quantitative estimate of drug-likeness (QED) is 0.270. The lowest BCUT2D eigenvalue weighted by atomic mass is 10.3. The Balaban J connectivity index is 1.58. The number of hydrogen-bond donors (Lipinski definition) is 2. The number of rotatable bonds is 10. The van der Waals surface area contributed by atoms with Gasteiger partial charge in [0.1, 0.15) is 16.5 Å². The van der Waals surface area contributed by atoms with E-state index in [1.54, 1.807) is 36.4 Å². The molecule has 1 aromatic heterocycles. The van der Waals surface area contributed by atoms with Crippen LogP contribution in [-0.2, 0) is 14.3 Å². The molecule has 0 aliphatic heterocycles. The number of anilines is 2. The number of aromatic nitrogens is 1. The Morgan fingerprint density at radius 3 is 2.06 bits per heavy atom. The van der Waals surface area contributed by atoms with Gasteiger partial charge < -0.3 is 24.8 Å². The molecule has 9 nitrogen and oxygen atoms in total. The molecule has 0 saturated heterocycles. The predicted octanol–water partition coefficient (Wildman–Crippen LogP) is 4.93. The number of benzene rings is 2. The van der Waals surface area contributed by atoms with Gasteiger partial charge in [-0.25, -0.2) is 9.78 Å². The second-order valence-electron chi connectivity index (χ2n) is 7.01. The molecule has 188 valence electrons. The maximum Gasteiger partial charge on any atom is 0.341 e. The van der Waals surface area contributed by atoms with Crippen molar-refractivity contribution in [1.29, 1.82) is 0 Å². The van der Waals surface area contributed by atoms with Crippen LogP contribution < -0.4 is 20.1 Å². The topological polar surface area (TPSA) is 116 Å². The van der Waals surface area contributed by atoms with Crippen molar-refractivity contribution < 1.29 is 28.6 Å². The fourth-order valence-corrected chi connectivity index (χ4v) is 4.06. The minimum atomic E-state index is -0.768. The standard InChI is InChI=1S/C24H21Cl2N3O6S/c1-33-19-7-5-14(25)10-17(19)28-21(30)12-35-24(32)16-4-3-9-27-23(16)36-13-22(31)29-18-11-15(26)6-8-20(18)34-2/h3-11H,12-13H2,1-2H3,(H,28,30)(H,29,31). The van der Waals surface area contributed by atoms with Gasteiger partial charge in [0.15, 0.2) is 6.61 Å². The van der Waals surface area contributed by atoms with Crippen LogP contribution in [0.5, 0.6) is 11.5 Å². The Bertz CT molecular complexity index is 1270. The lowest BCUT2D eigenvalue weighted by Gasteiger charge is -2.12. The van der Waals surface area contributed by atoms with Gasteiger partial charge in [-0.3, -0.25) is 9.59 Å². The average Bonchev–Trinajstić information content (AvgIpc) is 2.86. The maximum atomic E-state index is 12.6. The zero-order valence-electron chi connectivity index (χ0n) is 19.2. The number of carbonyl (C=O) groups excluding carboxylic acids is 3. The van der Waals surface area contributed by atoms with Gasteiger partial charge in [0, 0.05) is 16.2 Å². The van der Waals surface area contributed by atoms with Crippen molar-refractivity contribution in [2.24, 2.45) is 0 Å². The molecule has 2 aromatic carbocycles. The molecule has 0 unspecified atom stereocenters. The van der Waals surface area contributed by atoms with Gasteiger partial charge in [-0.2, -0.15) is 0 Å². The fraction of sp³-hybridized carbons (Fsp3) is 0.167. The first-order valence-electron chi connectivity index (χ1n) is 10.3. The first-order chi connectivity index (χ1) is 17.3. The summed E-state index contributed by atoms with van der Waals surface area (Å²) in [6.07, 6.45) is 1.48. The Hall–Kier alpha value is -3.47. The normalized spacial score (nSPS) is 10.3. The van der Waals surface area contributed by atoms with Crippen LogP contribution in [-0.4, -0.2) is 49.3 Å². The molecule has 2 amide bonds. The van der Waals surface area contributed by atoms with E-state index in [9.17, 15) is 14.4 Å². The molecule has 0 bridgehead atoms. The van der Waals surface area contributed by atoms with Crippen molar-refractivity contribution in [3.8, 4) is 11.5 Å². The van der Waals surface area contributed by atoms with Gasteiger partial charge in [0.2, 0.25) is 5.91 Å². The molecule has 1 heterocycles. The largest absolute Gasteiger partial charge is 0.495 e. The van der Waals surface area contributed by atoms with Gasteiger partial charge in [-0.1, -0.05) is 35.0 Å². The Labute approximate surface area is 221 Å². The number of methoxy groups -OCH3 is 2. The van der Waals surface area contributed by atoms with Crippen LogP contribution in [0.1, 0.15) is 10.4 Å². The molecule has 0 aliphatic rings. The van der Waals surface area contributed by atoms with E-state index in [1.807, 2.05) is 0 Å². The van der Waals surface area contributed by atoms with Crippen LogP contribution in [0.3, 0.4) is 0 Å². The highest BCUT2D eigenvalue weighted by Crippen LogP contribution is 2.29. The third-order valence-corrected chi connectivity index (χ3v) is 6.01. The summed E-state index contributed by atoms with van der Waals surface area (Å²) in [5.74, 6) is -0.915.